The molecule has 22 heavy (non-hydrogen) atoms. The fourth-order valence-electron chi connectivity index (χ4n) is 1.48. The number of esters is 1. The normalized spacial score (nSPS) is 12.9. The molecule has 0 aliphatic heterocycles. The van der Waals surface area contributed by atoms with E-state index in [-0.39, 0.29) is 0 Å². The molecule has 0 saturated heterocycles. The van der Waals surface area contributed by atoms with Gasteiger partial charge in [-0.15, -0.1) is 0 Å². The Balaban J connectivity index is 3.20. The van der Waals surface area contributed by atoms with Crippen molar-refractivity contribution in [1.82, 2.24) is 5.32 Å². The molecule has 11 heteroatoms. The van der Waals surface area contributed by atoms with Crippen LogP contribution in [0.3, 0.4) is 0 Å². The Morgan fingerprint density at radius 1 is 1.18 bits per heavy atom. The van der Waals surface area contributed by atoms with E-state index >= 15 is 0 Å². The number of nitro groups is 2. The summed E-state index contributed by atoms with van der Waals surface area (Å²) in [6.45, 7) is 0.919. The first kappa shape index (κ1) is 17.0. The minimum Gasteiger partial charge on any atom is -0.465 e. The first-order valence-electron chi connectivity index (χ1n) is 5.65. The third kappa shape index (κ3) is 3.73. The number of carbonyl (C=O) groups is 2. The number of amides is 1. The van der Waals surface area contributed by atoms with Gasteiger partial charge in [0.05, 0.1) is 28.6 Å². The minimum atomic E-state index is -2.40. The molecular weight excluding hydrogens is 302 g/mol. The Morgan fingerprint density at radius 2 is 1.64 bits per heavy atom. The SMILES string of the molecule is COC(=O)C(C)(O)NC(=O)c1cc([N+](=O)[O-])cc([N+](=O)[O-])c1. The zero-order chi connectivity index (χ0) is 17.1. The topological polar surface area (TPSA) is 162 Å². The number of hydrogen-bond acceptors (Lipinski definition) is 8. The van der Waals surface area contributed by atoms with Crippen LogP contribution in [-0.2, 0) is 9.53 Å². The summed E-state index contributed by atoms with van der Waals surface area (Å²) in [6.07, 6.45) is 0. The molecule has 0 heterocycles. The lowest BCUT2D eigenvalue weighted by molar-refractivity contribution is -0.394. The predicted molar refractivity (Wildman–Crippen MR) is 69.9 cm³/mol. The van der Waals surface area contributed by atoms with Gasteiger partial charge >= 0.3 is 5.97 Å². The van der Waals surface area contributed by atoms with Gasteiger partial charge in [-0.05, 0) is 6.92 Å². The Hall–Kier alpha value is -3.08. The summed E-state index contributed by atoms with van der Waals surface area (Å²) >= 11 is 0. The molecule has 1 rings (SSSR count). The van der Waals surface area contributed by atoms with Gasteiger partial charge < -0.3 is 15.2 Å². The largest absolute Gasteiger partial charge is 0.465 e. The second-order valence-electron chi connectivity index (χ2n) is 4.27. The van der Waals surface area contributed by atoms with Crippen LogP contribution in [0.2, 0.25) is 0 Å². The Bertz CT molecular complexity index is 622. The molecule has 0 saturated carbocycles. The van der Waals surface area contributed by atoms with Crippen molar-refractivity contribution in [2.24, 2.45) is 0 Å². The predicted octanol–water partition coefficient (Wildman–Crippen LogP) is 0.114. The van der Waals surface area contributed by atoms with Crippen molar-refractivity contribution >= 4 is 23.3 Å². The van der Waals surface area contributed by atoms with Crippen LogP contribution in [0.1, 0.15) is 17.3 Å². The number of non-ortho nitro benzene ring substituents is 2. The highest BCUT2D eigenvalue weighted by molar-refractivity contribution is 5.98. The van der Waals surface area contributed by atoms with Gasteiger partial charge in [0.2, 0.25) is 5.72 Å². The first-order valence-corrected chi connectivity index (χ1v) is 5.65. The van der Waals surface area contributed by atoms with Crippen LogP contribution in [0.4, 0.5) is 11.4 Å². The second kappa shape index (κ2) is 6.13. The lowest BCUT2D eigenvalue weighted by atomic mass is 10.1. The third-order valence-electron chi connectivity index (χ3n) is 2.53. The van der Waals surface area contributed by atoms with E-state index in [0.29, 0.717) is 6.07 Å². The van der Waals surface area contributed by atoms with Crippen molar-refractivity contribution in [1.29, 1.82) is 0 Å². The van der Waals surface area contributed by atoms with Gasteiger partial charge in [-0.1, -0.05) is 0 Å². The number of aliphatic hydroxyl groups is 1. The van der Waals surface area contributed by atoms with Crippen LogP contribution in [0.15, 0.2) is 18.2 Å². The third-order valence-corrected chi connectivity index (χ3v) is 2.53. The maximum absolute atomic E-state index is 11.9. The highest BCUT2D eigenvalue weighted by Gasteiger charge is 2.34. The number of hydrogen-bond donors (Lipinski definition) is 2. The standard InChI is InChI=1S/C11H11N3O8/c1-11(17,10(16)22-2)12-9(15)6-3-7(13(18)19)5-8(4-6)14(20)21/h3-5,17H,1-2H3,(H,12,15). The molecule has 2 N–H and O–H groups in total. The molecule has 0 spiro atoms. The summed E-state index contributed by atoms with van der Waals surface area (Å²) in [4.78, 5) is 42.8. The zero-order valence-corrected chi connectivity index (χ0v) is 11.4. The number of nitrogens with zero attached hydrogens (tertiary/aromatic N) is 2. The summed E-state index contributed by atoms with van der Waals surface area (Å²) in [6, 6.07) is 2.22. The van der Waals surface area contributed by atoms with Gasteiger partial charge in [-0.3, -0.25) is 25.0 Å². The van der Waals surface area contributed by atoms with E-state index in [0.717, 1.165) is 26.2 Å². The van der Waals surface area contributed by atoms with E-state index in [1.54, 1.807) is 0 Å². The molecule has 1 unspecified atom stereocenters. The van der Waals surface area contributed by atoms with E-state index in [1.165, 1.54) is 0 Å². The van der Waals surface area contributed by atoms with Gasteiger partial charge in [0.1, 0.15) is 0 Å². The molecule has 1 aromatic carbocycles. The summed E-state index contributed by atoms with van der Waals surface area (Å²) in [5.74, 6) is -2.30. The quantitative estimate of drug-likeness (QED) is 0.335. The average molecular weight is 313 g/mol. The Morgan fingerprint density at radius 3 is 2.00 bits per heavy atom. The molecule has 0 bridgehead atoms. The van der Waals surface area contributed by atoms with Crippen LogP contribution >= 0.6 is 0 Å². The lowest BCUT2D eigenvalue weighted by Gasteiger charge is -2.21. The number of nitro benzene ring substituents is 2. The highest BCUT2D eigenvalue weighted by atomic mass is 16.6. The Labute approximate surface area is 122 Å². The van der Waals surface area contributed by atoms with E-state index in [1.807, 2.05) is 5.32 Å². The van der Waals surface area contributed by atoms with Gasteiger partial charge in [0.15, 0.2) is 0 Å². The molecule has 0 aliphatic carbocycles. The fourth-order valence-corrected chi connectivity index (χ4v) is 1.48. The summed E-state index contributed by atoms with van der Waals surface area (Å²) < 4.78 is 4.26. The van der Waals surface area contributed by atoms with Crippen molar-refractivity contribution in [3.8, 4) is 0 Å². The second-order valence-corrected chi connectivity index (χ2v) is 4.27. The maximum Gasteiger partial charge on any atom is 0.359 e. The molecule has 1 aromatic rings. The van der Waals surface area contributed by atoms with Crippen molar-refractivity contribution in [3.63, 3.8) is 0 Å². The number of methoxy groups -OCH3 is 1. The lowest BCUT2D eigenvalue weighted by Crippen LogP contribution is -2.52. The van der Waals surface area contributed by atoms with Crippen molar-refractivity contribution in [3.05, 3.63) is 44.0 Å². The van der Waals surface area contributed by atoms with E-state index in [4.69, 9.17) is 0 Å². The Kier molecular flexibility index (Phi) is 4.73. The zero-order valence-electron chi connectivity index (χ0n) is 11.4. The summed E-state index contributed by atoms with van der Waals surface area (Å²) in [5.41, 5.74) is -4.23. The van der Waals surface area contributed by atoms with Crippen LogP contribution in [0.5, 0.6) is 0 Å². The van der Waals surface area contributed by atoms with E-state index < -0.39 is 44.4 Å². The van der Waals surface area contributed by atoms with E-state index in [9.17, 15) is 34.9 Å². The molecule has 11 nitrogen and oxygen atoms in total. The average Bonchev–Trinajstić information content (AvgIpc) is 2.45. The number of carbonyl (C=O) groups excluding carboxylic acids is 2. The van der Waals surface area contributed by atoms with E-state index in [2.05, 4.69) is 4.74 Å². The number of ether oxygens (including phenoxy) is 1. The highest BCUT2D eigenvalue weighted by Crippen LogP contribution is 2.23. The summed E-state index contributed by atoms with van der Waals surface area (Å²) in [5, 5.41) is 33.0. The van der Waals surface area contributed by atoms with Gasteiger partial charge in [0, 0.05) is 12.1 Å². The first-order chi connectivity index (χ1) is 10.1. The van der Waals surface area contributed by atoms with Crippen molar-refractivity contribution in [2.45, 2.75) is 12.6 Å². The maximum atomic E-state index is 11.9. The van der Waals surface area contributed by atoms with Crippen LogP contribution in [-0.4, -0.2) is 39.7 Å². The van der Waals surface area contributed by atoms with Gasteiger partial charge in [-0.2, -0.15) is 0 Å². The van der Waals surface area contributed by atoms with Gasteiger partial charge in [0.25, 0.3) is 17.3 Å². The molecule has 1 amide bonds. The number of rotatable bonds is 5. The van der Waals surface area contributed by atoms with Gasteiger partial charge in [-0.25, -0.2) is 4.79 Å². The molecule has 0 aromatic heterocycles. The summed E-state index contributed by atoms with van der Waals surface area (Å²) in [7, 11) is 0.973. The van der Waals surface area contributed by atoms with Crippen molar-refractivity contribution in [2.75, 3.05) is 7.11 Å². The van der Waals surface area contributed by atoms with Crippen LogP contribution in [0.25, 0.3) is 0 Å². The smallest absolute Gasteiger partial charge is 0.359 e. The van der Waals surface area contributed by atoms with Crippen LogP contribution < -0.4 is 5.32 Å². The minimum absolute atomic E-state index is 0.468. The van der Waals surface area contributed by atoms with Crippen molar-refractivity contribution < 1.29 is 29.3 Å². The number of nitrogens with one attached hydrogen (secondary N) is 1. The molecule has 0 fully saturated rings. The molecule has 0 radical (unpaired) electrons. The van der Waals surface area contributed by atoms with Crippen LogP contribution in [0, 0.1) is 20.2 Å². The fraction of sp³-hybridized carbons (Fsp3) is 0.273. The monoisotopic (exact) mass is 313 g/mol. The molecule has 118 valence electrons. The molecule has 1 atom stereocenters. The number of benzene rings is 1. The molecule has 0 aliphatic rings. The molecular formula is C11H11N3O8.